The van der Waals surface area contributed by atoms with Crippen LogP contribution in [0.4, 0.5) is 0 Å². The van der Waals surface area contributed by atoms with Crippen LogP contribution in [0.5, 0.6) is 0 Å². The molecule has 0 aliphatic carbocycles. The van der Waals surface area contributed by atoms with Gasteiger partial charge in [-0.3, -0.25) is 0 Å². The van der Waals surface area contributed by atoms with Gasteiger partial charge in [-0.25, -0.2) is 0 Å². The van der Waals surface area contributed by atoms with E-state index in [0.29, 0.717) is 11.1 Å². The molecule has 0 aliphatic rings. The van der Waals surface area contributed by atoms with Gasteiger partial charge in [-0.15, -0.1) is 0 Å². The highest BCUT2D eigenvalue weighted by molar-refractivity contribution is 5.37. The zero-order chi connectivity index (χ0) is 13.7. The zero-order valence-electron chi connectivity index (χ0n) is 10.7. The summed E-state index contributed by atoms with van der Waals surface area (Å²) >= 11 is 0. The Morgan fingerprint density at radius 2 is 2.00 bits per heavy atom. The zero-order valence-corrected chi connectivity index (χ0v) is 10.7. The molecule has 1 radical (unpaired) electrons. The number of aryl methyl sites for hydroxylation is 1. The maximum absolute atomic E-state index is 12.0. The van der Waals surface area contributed by atoms with Gasteiger partial charge < -0.3 is 4.74 Å². The van der Waals surface area contributed by atoms with Gasteiger partial charge in [-0.2, -0.15) is 10.4 Å². The Bertz CT molecular complexity index is 602. The quantitative estimate of drug-likeness (QED) is 0.782. The SMILES string of the molecule is Cc1cccc(COC([O])c2ccccc2C#N)c1. The van der Waals surface area contributed by atoms with Crippen LogP contribution in [-0.4, -0.2) is 0 Å². The molecule has 0 saturated heterocycles. The molecule has 0 aromatic heterocycles. The molecule has 1 atom stereocenters. The average Bonchev–Trinajstić information content (AvgIpc) is 2.45. The summed E-state index contributed by atoms with van der Waals surface area (Å²) in [6.07, 6.45) is -1.34. The van der Waals surface area contributed by atoms with E-state index in [1.807, 2.05) is 37.3 Å². The first kappa shape index (κ1) is 13.3. The van der Waals surface area contributed by atoms with Crippen LogP contribution in [0.1, 0.15) is 28.5 Å². The summed E-state index contributed by atoms with van der Waals surface area (Å²) in [6, 6.07) is 16.5. The fourth-order valence-corrected chi connectivity index (χ4v) is 1.87. The summed E-state index contributed by atoms with van der Waals surface area (Å²) in [5.41, 5.74) is 2.83. The summed E-state index contributed by atoms with van der Waals surface area (Å²) in [6.45, 7) is 2.23. The van der Waals surface area contributed by atoms with E-state index >= 15 is 0 Å². The highest BCUT2D eigenvalue weighted by Gasteiger charge is 2.14. The van der Waals surface area contributed by atoms with Crippen LogP contribution < -0.4 is 0 Å². The van der Waals surface area contributed by atoms with Gasteiger partial charge in [0.05, 0.1) is 18.2 Å². The molecule has 0 aliphatic heterocycles. The van der Waals surface area contributed by atoms with Gasteiger partial charge >= 0.3 is 0 Å². The predicted octanol–water partition coefficient (Wildman–Crippen LogP) is 3.51. The van der Waals surface area contributed by atoms with E-state index in [9.17, 15) is 5.11 Å². The molecular weight excluding hydrogens is 238 g/mol. The molecule has 2 aromatic rings. The van der Waals surface area contributed by atoms with Gasteiger partial charge in [0.2, 0.25) is 6.29 Å². The third-order valence-electron chi connectivity index (χ3n) is 2.82. The fraction of sp³-hybridized carbons (Fsp3) is 0.188. The topological polar surface area (TPSA) is 52.9 Å². The van der Waals surface area contributed by atoms with Crippen LogP contribution >= 0.6 is 0 Å². The monoisotopic (exact) mass is 252 g/mol. The Labute approximate surface area is 112 Å². The summed E-state index contributed by atoms with van der Waals surface area (Å²) in [5.74, 6) is 0. The molecule has 0 spiro atoms. The van der Waals surface area contributed by atoms with E-state index in [1.54, 1.807) is 24.3 Å². The molecule has 3 heteroatoms. The predicted molar refractivity (Wildman–Crippen MR) is 70.6 cm³/mol. The molecule has 0 bridgehead atoms. The molecule has 0 N–H and O–H groups in total. The molecule has 1 unspecified atom stereocenters. The Morgan fingerprint density at radius 1 is 1.21 bits per heavy atom. The molecule has 0 fully saturated rings. The minimum absolute atomic E-state index is 0.246. The lowest BCUT2D eigenvalue weighted by Crippen LogP contribution is -2.04. The second kappa shape index (κ2) is 6.14. The Morgan fingerprint density at radius 3 is 2.74 bits per heavy atom. The lowest BCUT2D eigenvalue weighted by atomic mass is 10.1. The molecule has 2 rings (SSSR count). The van der Waals surface area contributed by atoms with Crippen molar-refractivity contribution in [3.63, 3.8) is 0 Å². The lowest BCUT2D eigenvalue weighted by Gasteiger charge is -2.12. The molecular formula is C16H14NO2. The minimum Gasteiger partial charge on any atom is -0.341 e. The van der Waals surface area contributed by atoms with Crippen LogP contribution in [0.2, 0.25) is 0 Å². The molecule has 3 nitrogen and oxygen atoms in total. The molecule has 95 valence electrons. The second-order valence-electron chi connectivity index (χ2n) is 4.33. The number of hydrogen-bond donors (Lipinski definition) is 0. The summed E-state index contributed by atoms with van der Waals surface area (Å²) < 4.78 is 5.30. The van der Waals surface area contributed by atoms with E-state index in [1.165, 1.54) is 0 Å². The van der Waals surface area contributed by atoms with Crippen LogP contribution in [0.15, 0.2) is 48.5 Å². The lowest BCUT2D eigenvalue weighted by molar-refractivity contribution is -0.152. The van der Waals surface area contributed by atoms with Crippen molar-refractivity contribution in [1.29, 1.82) is 5.26 Å². The normalized spacial score (nSPS) is 11.8. The molecule has 0 amide bonds. The van der Waals surface area contributed by atoms with Gasteiger partial charge in [-0.1, -0.05) is 48.0 Å². The first-order valence-electron chi connectivity index (χ1n) is 6.02. The maximum atomic E-state index is 12.0. The van der Waals surface area contributed by atoms with E-state index in [4.69, 9.17) is 10.00 Å². The Kier molecular flexibility index (Phi) is 4.30. The first-order chi connectivity index (χ1) is 9.20. The molecule has 0 saturated carbocycles. The standard InChI is InChI=1S/C16H14NO2/c1-12-5-4-6-13(9-12)11-19-16(18)15-8-3-2-7-14(15)10-17/h2-9,16H,11H2,1H3. The number of rotatable bonds is 4. The Hall–Kier alpha value is -2.15. The second-order valence-corrected chi connectivity index (χ2v) is 4.33. The van der Waals surface area contributed by atoms with Crippen molar-refractivity contribution in [2.45, 2.75) is 19.8 Å². The van der Waals surface area contributed by atoms with Crippen molar-refractivity contribution < 1.29 is 9.84 Å². The van der Waals surface area contributed by atoms with Crippen molar-refractivity contribution in [3.05, 3.63) is 70.8 Å². The van der Waals surface area contributed by atoms with Gasteiger partial charge in [0.25, 0.3) is 0 Å². The van der Waals surface area contributed by atoms with Crippen molar-refractivity contribution in [3.8, 4) is 6.07 Å². The fourth-order valence-electron chi connectivity index (χ4n) is 1.87. The first-order valence-corrected chi connectivity index (χ1v) is 6.02. The van der Waals surface area contributed by atoms with Crippen LogP contribution in [0.3, 0.4) is 0 Å². The molecule has 0 heterocycles. The Balaban J connectivity index is 2.06. The van der Waals surface area contributed by atoms with Crippen LogP contribution in [0.25, 0.3) is 0 Å². The van der Waals surface area contributed by atoms with Crippen molar-refractivity contribution >= 4 is 0 Å². The van der Waals surface area contributed by atoms with Crippen molar-refractivity contribution in [2.75, 3.05) is 0 Å². The highest BCUT2D eigenvalue weighted by atomic mass is 16.6. The van der Waals surface area contributed by atoms with Crippen molar-refractivity contribution in [1.82, 2.24) is 0 Å². The van der Waals surface area contributed by atoms with Crippen LogP contribution in [-0.2, 0) is 16.5 Å². The number of nitriles is 1. The van der Waals surface area contributed by atoms with E-state index in [-0.39, 0.29) is 6.61 Å². The number of benzene rings is 2. The van der Waals surface area contributed by atoms with Crippen molar-refractivity contribution in [2.24, 2.45) is 0 Å². The molecule has 2 aromatic carbocycles. The van der Waals surface area contributed by atoms with Crippen LogP contribution in [0, 0.1) is 18.3 Å². The van der Waals surface area contributed by atoms with E-state index < -0.39 is 6.29 Å². The summed E-state index contributed by atoms with van der Waals surface area (Å²) in [5, 5.41) is 20.9. The third kappa shape index (κ3) is 3.41. The average molecular weight is 252 g/mol. The van der Waals surface area contributed by atoms with Gasteiger partial charge in [0.1, 0.15) is 0 Å². The molecule has 19 heavy (non-hydrogen) atoms. The smallest absolute Gasteiger partial charge is 0.219 e. The summed E-state index contributed by atoms with van der Waals surface area (Å²) in [4.78, 5) is 0. The summed E-state index contributed by atoms with van der Waals surface area (Å²) in [7, 11) is 0. The third-order valence-corrected chi connectivity index (χ3v) is 2.82. The minimum atomic E-state index is -1.34. The maximum Gasteiger partial charge on any atom is 0.219 e. The number of ether oxygens (including phenoxy) is 1. The highest BCUT2D eigenvalue weighted by Crippen LogP contribution is 2.20. The van der Waals surface area contributed by atoms with E-state index in [0.717, 1.165) is 11.1 Å². The largest absolute Gasteiger partial charge is 0.341 e. The number of nitrogens with zero attached hydrogens (tertiary/aromatic N) is 1. The van der Waals surface area contributed by atoms with Gasteiger partial charge in [0, 0.05) is 5.56 Å². The van der Waals surface area contributed by atoms with Gasteiger partial charge in [-0.05, 0) is 18.6 Å². The number of hydrogen-bond acceptors (Lipinski definition) is 2. The van der Waals surface area contributed by atoms with Gasteiger partial charge in [0.15, 0.2) is 0 Å². The van der Waals surface area contributed by atoms with E-state index in [2.05, 4.69) is 0 Å².